The molecule has 32 heavy (non-hydrogen) atoms. The fourth-order valence-electron chi connectivity index (χ4n) is 6.22. The lowest BCUT2D eigenvalue weighted by molar-refractivity contribution is 0.0449. The molecule has 0 atom stereocenters. The number of rotatable bonds is 13. The van der Waals surface area contributed by atoms with E-state index in [1.165, 1.54) is 25.7 Å². The van der Waals surface area contributed by atoms with E-state index in [2.05, 4.69) is 76.7 Å². The van der Waals surface area contributed by atoms with Gasteiger partial charge in [0.2, 0.25) is 0 Å². The minimum Gasteiger partial charge on any atom is -0.379 e. The molecule has 0 spiro atoms. The number of piperidine rings is 2. The molecule has 2 saturated heterocycles. The SMILES string of the molecule is CC1(C)CC(NCCCOCCOCCCNC2CC(C)(C)NC(C)(C)C2)CC(C)(C)N1. The summed E-state index contributed by atoms with van der Waals surface area (Å²) in [5.74, 6) is 0. The summed E-state index contributed by atoms with van der Waals surface area (Å²) in [5, 5.41) is 15.0. The summed E-state index contributed by atoms with van der Waals surface area (Å²) in [6.07, 6.45) is 6.80. The number of hydrogen-bond acceptors (Lipinski definition) is 6. The van der Waals surface area contributed by atoms with Gasteiger partial charge in [-0.2, -0.15) is 0 Å². The second-order valence-corrected chi connectivity index (χ2v) is 12.8. The second-order valence-electron chi connectivity index (χ2n) is 12.8. The predicted octanol–water partition coefficient (Wildman–Crippen LogP) is 3.60. The zero-order valence-electron chi connectivity index (χ0n) is 22.5. The normalized spacial score (nSPS) is 25.1. The molecule has 2 heterocycles. The van der Waals surface area contributed by atoms with Crippen molar-refractivity contribution in [1.29, 1.82) is 0 Å². The third-order valence-corrected chi connectivity index (χ3v) is 6.55. The lowest BCUT2D eigenvalue weighted by Crippen LogP contribution is -2.61. The lowest BCUT2D eigenvalue weighted by Gasteiger charge is -2.46. The summed E-state index contributed by atoms with van der Waals surface area (Å²) in [6.45, 7) is 23.4. The van der Waals surface area contributed by atoms with Crippen LogP contribution in [-0.4, -0.2) is 73.8 Å². The van der Waals surface area contributed by atoms with Crippen molar-refractivity contribution in [3.8, 4) is 0 Å². The van der Waals surface area contributed by atoms with Gasteiger partial charge in [0.25, 0.3) is 0 Å². The fraction of sp³-hybridized carbons (Fsp3) is 1.00. The molecule has 0 aromatic rings. The highest BCUT2D eigenvalue weighted by molar-refractivity contribution is 5.00. The van der Waals surface area contributed by atoms with E-state index in [1.54, 1.807) is 0 Å². The molecule has 6 nitrogen and oxygen atoms in total. The number of nitrogens with one attached hydrogen (secondary N) is 4. The minimum atomic E-state index is 0.198. The maximum atomic E-state index is 5.75. The zero-order valence-corrected chi connectivity index (χ0v) is 22.5. The highest BCUT2D eigenvalue weighted by Gasteiger charge is 2.38. The van der Waals surface area contributed by atoms with E-state index in [0.29, 0.717) is 25.3 Å². The average Bonchev–Trinajstić information content (AvgIpc) is 2.57. The molecule has 0 bridgehead atoms. The van der Waals surface area contributed by atoms with Crippen LogP contribution in [0.3, 0.4) is 0 Å². The first-order chi connectivity index (χ1) is 14.8. The van der Waals surface area contributed by atoms with Crippen LogP contribution in [0.1, 0.15) is 93.9 Å². The van der Waals surface area contributed by atoms with Gasteiger partial charge in [-0.1, -0.05) is 0 Å². The minimum absolute atomic E-state index is 0.198. The lowest BCUT2D eigenvalue weighted by atomic mass is 9.79. The van der Waals surface area contributed by atoms with Gasteiger partial charge in [-0.3, -0.25) is 0 Å². The molecule has 0 aliphatic carbocycles. The first-order valence-corrected chi connectivity index (χ1v) is 13.0. The van der Waals surface area contributed by atoms with Crippen LogP contribution >= 0.6 is 0 Å². The van der Waals surface area contributed by atoms with Crippen molar-refractivity contribution in [2.24, 2.45) is 0 Å². The van der Waals surface area contributed by atoms with E-state index in [9.17, 15) is 0 Å². The summed E-state index contributed by atoms with van der Waals surface area (Å²) < 4.78 is 11.5. The first-order valence-electron chi connectivity index (χ1n) is 13.0. The second kappa shape index (κ2) is 11.9. The quantitative estimate of drug-likeness (QED) is 0.319. The van der Waals surface area contributed by atoms with E-state index >= 15 is 0 Å². The Morgan fingerprint density at radius 1 is 0.562 bits per heavy atom. The third-order valence-electron chi connectivity index (χ3n) is 6.55. The van der Waals surface area contributed by atoms with Gasteiger partial charge < -0.3 is 30.7 Å². The molecule has 2 rings (SSSR count). The van der Waals surface area contributed by atoms with Gasteiger partial charge in [0.15, 0.2) is 0 Å². The Bertz CT molecular complexity index is 468. The maximum absolute atomic E-state index is 5.75. The van der Waals surface area contributed by atoms with Crippen molar-refractivity contribution < 1.29 is 9.47 Å². The van der Waals surface area contributed by atoms with Crippen LogP contribution in [0.5, 0.6) is 0 Å². The largest absolute Gasteiger partial charge is 0.379 e. The van der Waals surface area contributed by atoms with E-state index in [4.69, 9.17) is 9.47 Å². The molecule has 2 fully saturated rings. The summed E-state index contributed by atoms with van der Waals surface area (Å²) >= 11 is 0. The van der Waals surface area contributed by atoms with Crippen molar-refractivity contribution in [1.82, 2.24) is 21.3 Å². The van der Waals surface area contributed by atoms with Crippen LogP contribution in [0.4, 0.5) is 0 Å². The molecular weight excluding hydrogens is 400 g/mol. The Morgan fingerprint density at radius 3 is 1.19 bits per heavy atom. The maximum Gasteiger partial charge on any atom is 0.0700 e. The van der Waals surface area contributed by atoms with Crippen LogP contribution in [0.15, 0.2) is 0 Å². The standard InChI is InChI=1S/C26H54N4O2/c1-23(2)17-21(18-24(3,4)29-23)27-11-9-13-31-15-16-32-14-10-12-28-22-19-25(5,6)30-26(7,8)20-22/h21-22,27-30H,9-20H2,1-8H3. The average molecular weight is 455 g/mol. The van der Waals surface area contributed by atoms with Gasteiger partial charge in [0.1, 0.15) is 0 Å². The van der Waals surface area contributed by atoms with E-state index in [0.717, 1.165) is 39.1 Å². The van der Waals surface area contributed by atoms with Crippen molar-refractivity contribution in [2.75, 3.05) is 39.5 Å². The number of hydrogen-bond donors (Lipinski definition) is 4. The molecule has 0 radical (unpaired) electrons. The van der Waals surface area contributed by atoms with Crippen LogP contribution < -0.4 is 21.3 Å². The Labute approximate surface area is 198 Å². The summed E-state index contributed by atoms with van der Waals surface area (Å²) in [5.41, 5.74) is 0.792. The van der Waals surface area contributed by atoms with Crippen LogP contribution in [0.2, 0.25) is 0 Å². The third kappa shape index (κ3) is 11.3. The monoisotopic (exact) mass is 454 g/mol. The molecule has 190 valence electrons. The molecule has 0 amide bonds. The van der Waals surface area contributed by atoms with Gasteiger partial charge in [0.05, 0.1) is 13.2 Å². The van der Waals surface area contributed by atoms with E-state index < -0.39 is 0 Å². The predicted molar refractivity (Wildman–Crippen MR) is 136 cm³/mol. The van der Waals surface area contributed by atoms with Gasteiger partial charge >= 0.3 is 0 Å². The van der Waals surface area contributed by atoms with Gasteiger partial charge in [-0.05, 0) is 107 Å². The highest BCUT2D eigenvalue weighted by Crippen LogP contribution is 2.29. The number of ether oxygens (including phenoxy) is 2. The molecule has 6 heteroatoms. The summed E-state index contributed by atoms with van der Waals surface area (Å²) in [7, 11) is 0. The Hall–Kier alpha value is -0.240. The van der Waals surface area contributed by atoms with Crippen molar-refractivity contribution in [3.05, 3.63) is 0 Å². The van der Waals surface area contributed by atoms with Crippen LogP contribution in [0, 0.1) is 0 Å². The van der Waals surface area contributed by atoms with Gasteiger partial charge in [-0.15, -0.1) is 0 Å². The topological polar surface area (TPSA) is 66.6 Å². The first kappa shape index (κ1) is 28.0. The summed E-state index contributed by atoms with van der Waals surface area (Å²) in [6, 6.07) is 1.17. The summed E-state index contributed by atoms with van der Waals surface area (Å²) in [4.78, 5) is 0. The van der Waals surface area contributed by atoms with Crippen LogP contribution in [0.25, 0.3) is 0 Å². The molecule has 0 unspecified atom stereocenters. The Kier molecular flexibility index (Phi) is 10.5. The fourth-order valence-corrected chi connectivity index (χ4v) is 6.22. The molecule has 0 saturated carbocycles. The Morgan fingerprint density at radius 2 is 0.875 bits per heavy atom. The molecule has 2 aliphatic heterocycles. The van der Waals surface area contributed by atoms with Crippen molar-refractivity contribution in [2.45, 2.75) is 128 Å². The van der Waals surface area contributed by atoms with Crippen molar-refractivity contribution in [3.63, 3.8) is 0 Å². The highest BCUT2D eigenvalue weighted by atomic mass is 16.5. The van der Waals surface area contributed by atoms with Crippen LogP contribution in [-0.2, 0) is 9.47 Å². The van der Waals surface area contributed by atoms with E-state index in [1.807, 2.05) is 0 Å². The molecule has 4 N–H and O–H groups in total. The molecule has 0 aromatic heterocycles. The molecule has 2 aliphatic rings. The van der Waals surface area contributed by atoms with E-state index in [-0.39, 0.29) is 22.2 Å². The Balaban J connectivity index is 1.41. The molecule has 0 aromatic carbocycles. The van der Waals surface area contributed by atoms with Gasteiger partial charge in [-0.25, -0.2) is 0 Å². The smallest absolute Gasteiger partial charge is 0.0700 e. The van der Waals surface area contributed by atoms with Gasteiger partial charge in [0, 0.05) is 47.5 Å². The van der Waals surface area contributed by atoms with Crippen molar-refractivity contribution >= 4 is 0 Å². The molecular formula is C26H54N4O2. The zero-order chi connectivity index (χ0) is 23.9.